The summed E-state index contributed by atoms with van der Waals surface area (Å²) in [5.74, 6) is 0. The Bertz CT molecular complexity index is 746. The van der Waals surface area contributed by atoms with Crippen molar-refractivity contribution in [1.29, 1.82) is 0 Å². The SMILES string of the molecule is Cc1ccc2nc(Nc3ccc(C)nc3C)sc2c1. The van der Waals surface area contributed by atoms with Gasteiger partial charge in [-0.25, -0.2) is 4.98 Å². The summed E-state index contributed by atoms with van der Waals surface area (Å²) in [7, 11) is 0. The second-order valence-corrected chi connectivity index (χ2v) is 5.73. The highest BCUT2D eigenvalue weighted by molar-refractivity contribution is 7.22. The first-order valence-corrected chi connectivity index (χ1v) is 7.02. The molecule has 0 unspecified atom stereocenters. The lowest BCUT2D eigenvalue weighted by atomic mass is 10.2. The van der Waals surface area contributed by atoms with Crippen molar-refractivity contribution in [3.63, 3.8) is 0 Å². The molecule has 1 N–H and O–H groups in total. The first-order valence-electron chi connectivity index (χ1n) is 6.20. The molecular formula is C15H15N3S. The van der Waals surface area contributed by atoms with Crippen LogP contribution in [0.25, 0.3) is 10.2 Å². The molecule has 96 valence electrons. The topological polar surface area (TPSA) is 37.8 Å². The minimum absolute atomic E-state index is 0.911. The van der Waals surface area contributed by atoms with Crippen LogP contribution in [-0.2, 0) is 0 Å². The molecule has 0 radical (unpaired) electrons. The number of thiazole rings is 1. The van der Waals surface area contributed by atoms with Crippen molar-refractivity contribution < 1.29 is 0 Å². The van der Waals surface area contributed by atoms with E-state index >= 15 is 0 Å². The van der Waals surface area contributed by atoms with Gasteiger partial charge in [-0.15, -0.1) is 0 Å². The van der Waals surface area contributed by atoms with Gasteiger partial charge in [-0.05, 0) is 50.6 Å². The van der Waals surface area contributed by atoms with E-state index in [4.69, 9.17) is 0 Å². The zero-order chi connectivity index (χ0) is 13.4. The minimum Gasteiger partial charge on any atom is -0.330 e. The molecule has 0 spiro atoms. The number of pyridine rings is 1. The molecule has 2 heterocycles. The van der Waals surface area contributed by atoms with Crippen LogP contribution >= 0.6 is 11.3 Å². The van der Waals surface area contributed by atoms with Crippen LogP contribution in [0.2, 0.25) is 0 Å². The van der Waals surface area contributed by atoms with Crippen molar-refractivity contribution in [2.45, 2.75) is 20.8 Å². The second kappa shape index (κ2) is 4.63. The first kappa shape index (κ1) is 12.1. The highest BCUT2D eigenvalue weighted by Gasteiger charge is 2.06. The van der Waals surface area contributed by atoms with Crippen LogP contribution in [-0.4, -0.2) is 9.97 Å². The van der Waals surface area contributed by atoms with E-state index in [2.05, 4.69) is 46.5 Å². The number of fused-ring (bicyclic) bond motifs is 1. The third kappa shape index (κ3) is 2.44. The van der Waals surface area contributed by atoms with Crippen molar-refractivity contribution in [1.82, 2.24) is 9.97 Å². The lowest BCUT2D eigenvalue weighted by Gasteiger charge is -2.06. The van der Waals surface area contributed by atoms with E-state index in [-0.39, 0.29) is 0 Å². The average Bonchev–Trinajstić information content (AvgIpc) is 2.74. The third-order valence-corrected chi connectivity index (χ3v) is 3.94. The summed E-state index contributed by atoms with van der Waals surface area (Å²) in [4.78, 5) is 9.04. The molecule has 1 aromatic carbocycles. The van der Waals surface area contributed by atoms with Gasteiger partial charge >= 0.3 is 0 Å². The highest BCUT2D eigenvalue weighted by Crippen LogP contribution is 2.29. The average molecular weight is 269 g/mol. The van der Waals surface area contributed by atoms with Gasteiger partial charge < -0.3 is 5.32 Å². The van der Waals surface area contributed by atoms with Crippen LogP contribution < -0.4 is 5.32 Å². The van der Waals surface area contributed by atoms with Gasteiger partial charge in [0.25, 0.3) is 0 Å². The molecule has 0 aliphatic rings. The summed E-state index contributed by atoms with van der Waals surface area (Å²) < 4.78 is 1.21. The molecular weight excluding hydrogens is 254 g/mol. The first-order chi connectivity index (χ1) is 9.11. The second-order valence-electron chi connectivity index (χ2n) is 4.70. The Hall–Kier alpha value is -1.94. The number of aromatic nitrogens is 2. The van der Waals surface area contributed by atoms with E-state index in [9.17, 15) is 0 Å². The molecule has 3 nitrogen and oxygen atoms in total. The summed E-state index contributed by atoms with van der Waals surface area (Å²) in [5, 5.41) is 4.26. The molecule has 0 aliphatic carbocycles. The minimum atomic E-state index is 0.911. The van der Waals surface area contributed by atoms with E-state index in [1.165, 1.54) is 10.3 Å². The third-order valence-electron chi connectivity index (χ3n) is 3.01. The zero-order valence-corrected chi connectivity index (χ0v) is 12.0. The van der Waals surface area contributed by atoms with Crippen LogP contribution in [0, 0.1) is 20.8 Å². The van der Waals surface area contributed by atoms with Crippen LogP contribution in [0.1, 0.15) is 17.0 Å². The monoisotopic (exact) mass is 269 g/mol. The smallest absolute Gasteiger partial charge is 0.188 e. The Morgan fingerprint density at radius 2 is 1.84 bits per heavy atom. The number of rotatable bonds is 2. The number of benzene rings is 1. The summed E-state index contributed by atoms with van der Waals surface area (Å²) in [6.07, 6.45) is 0. The number of hydrogen-bond donors (Lipinski definition) is 1. The Morgan fingerprint density at radius 1 is 1.00 bits per heavy atom. The maximum absolute atomic E-state index is 4.59. The Labute approximate surface area is 116 Å². The molecule has 0 aliphatic heterocycles. The normalized spacial score (nSPS) is 10.9. The van der Waals surface area contributed by atoms with Gasteiger partial charge in [0.1, 0.15) is 0 Å². The summed E-state index contributed by atoms with van der Waals surface area (Å²) in [6, 6.07) is 10.4. The fourth-order valence-corrected chi connectivity index (χ4v) is 3.00. The number of nitrogens with one attached hydrogen (secondary N) is 1. The standard InChI is InChI=1S/C15H15N3S/c1-9-4-6-13-14(8-9)19-15(18-13)17-12-7-5-10(2)16-11(12)3/h4-8H,1-3H3,(H,17,18). The van der Waals surface area contributed by atoms with Gasteiger partial charge in [0.2, 0.25) is 0 Å². The summed E-state index contributed by atoms with van der Waals surface area (Å²) in [5.41, 5.74) is 5.34. The van der Waals surface area contributed by atoms with Crippen molar-refractivity contribution in [2.75, 3.05) is 5.32 Å². The van der Waals surface area contributed by atoms with Gasteiger partial charge in [0.15, 0.2) is 5.13 Å². The van der Waals surface area contributed by atoms with E-state index in [1.807, 2.05) is 19.9 Å². The largest absolute Gasteiger partial charge is 0.330 e. The lowest BCUT2D eigenvalue weighted by molar-refractivity contribution is 1.12. The highest BCUT2D eigenvalue weighted by atomic mass is 32.1. The quantitative estimate of drug-likeness (QED) is 0.751. The molecule has 3 aromatic rings. The molecule has 4 heteroatoms. The van der Waals surface area contributed by atoms with Gasteiger partial charge in [-0.2, -0.15) is 0 Å². The van der Waals surface area contributed by atoms with Crippen LogP contribution in [0.15, 0.2) is 30.3 Å². The molecule has 0 atom stereocenters. The summed E-state index contributed by atoms with van der Waals surface area (Å²) >= 11 is 1.67. The molecule has 0 saturated carbocycles. The molecule has 0 fully saturated rings. The van der Waals surface area contributed by atoms with Gasteiger partial charge in [0, 0.05) is 5.69 Å². The maximum atomic E-state index is 4.59. The van der Waals surface area contributed by atoms with E-state index in [1.54, 1.807) is 11.3 Å². The number of nitrogens with zero attached hydrogens (tertiary/aromatic N) is 2. The molecule has 0 saturated heterocycles. The molecule has 0 amide bonds. The van der Waals surface area contributed by atoms with Gasteiger partial charge in [-0.1, -0.05) is 17.4 Å². The van der Waals surface area contributed by atoms with Crippen molar-refractivity contribution >= 4 is 32.4 Å². The van der Waals surface area contributed by atoms with Gasteiger partial charge in [0.05, 0.1) is 21.6 Å². The molecule has 3 rings (SSSR count). The Balaban J connectivity index is 1.96. The van der Waals surface area contributed by atoms with Crippen LogP contribution in [0.5, 0.6) is 0 Å². The zero-order valence-electron chi connectivity index (χ0n) is 11.2. The van der Waals surface area contributed by atoms with Crippen molar-refractivity contribution in [3.8, 4) is 0 Å². The molecule has 19 heavy (non-hydrogen) atoms. The number of aryl methyl sites for hydroxylation is 3. The van der Waals surface area contributed by atoms with Gasteiger partial charge in [-0.3, -0.25) is 4.98 Å². The fourth-order valence-electron chi connectivity index (χ4n) is 2.02. The van der Waals surface area contributed by atoms with Crippen LogP contribution in [0.3, 0.4) is 0 Å². The van der Waals surface area contributed by atoms with Crippen LogP contribution in [0.4, 0.5) is 10.8 Å². The maximum Gasteiger partial charge on any atom is 0.188 e. The van der Waals surface area contributed by atoms with Crippen molar-refractivity contribution in [3.05, 3.63) is 47.3 Å². The fraction of sp³-hybridized carbons (Fsp3) is 0.200. The number of hydrogen-bond acceptors (Lipinski definition) is 4. The predicted octanol–water partition coefficient (Wildman–Crippen LogP) is 4.36. The predicted molar refractivity (Wildman–Crippen MR) is 81.4 cm³/mol. The van der Waals surface area contributed by atoms with Crippen molar-refractivity contribution in [2.24, 2.45) is 0 Å². The van der Waals surface area contributed by atoms with E-state index in [0.717, 1.165) is 27.7 Å². The van der Waals surface area contributed by atoms with E-state index < -0.39 is 0 Å². The lowest BCUT2D eigenvalue weighted by Crippen LogP contribution is -1.95. The Morgan fingerprint density at radius 3 is 2.63 bits per heavy atom. The Kier molecular flexibility index (Phi) is 2.95. The summed E-state index contributed by atoms with van der Waals surface area (Å²) in [6.45, 7) is 6.10. The molecule has 2 aromatic heterocycles. The molecule has 0 bridgehead atoms. The van der Waals surface area contributed by atoms with E-state index in [0.29, 0.717) is 0 Å². The number of anilines is 2.